The summed E-state index contributed by atoms with van der Waals surface area (Å²) in [6.45, 7) is 4.70. The molecule has 1 aromatic carbocycles. The first-order chi connectivity index (χ1) is 15.4. The molecule has 3 aromatic rings. The van der Waals surface area contributed by atoms with Crippen molar-refractivity contribution in [3.8, 4) is 11.5 Å². The molecule has 1 aliphatic carbocycles. The number of nitrogens with zero attached hydrogens (tertiary/aromatic N) is 2. The van der Waals surface area contributed by atoms with E-state index in [-0.39, 0.29) is 17.2 Å². The van der Waals surface area contributed by atoms with E-state index in [0.717, 1.165) is 29.5 Å². The van der Waals surface area contributed by atoms with Crippen LogP contribution in [-0.2, 0) is 24.2 Å². The number of aromatic nitrogens is 2. The zero-order chi connectivity index (χ0) is 22.8. The third-order valence-corrected chi connectivity index (χ3v) is 7.84. The summed E-state index contributed by atoms with van der Waals surface area (Å²) >= 11 is 2.91. The first kappa shape index (κ1) is 22.7. The number of benzene rings is 1. The van der Waals surface area contributed by atoms with Crippen molar-refractivity contribution in [2.75, 3.05) is 25.3 Å². The van der Waals surface area contributed by atoms with E-state index in [4.69, 9.17) is 14.5 Å². The third-order valence-electron chi connectivity index (χ3n) is 5.71. The number of nitrogens with one attached hydrogen (secondary N) is 1. The molecular formula is C23H27N3O4S2. The van der Waals surface area contributed by atoms with Gasteiger partial charge in [-0.1, -0.05) is 18.7 Å². The van der Waals surface area contributed by atoms with Crippen LogP contribution < -0.4 is 20.3 Å². The normalized spacial score (nSPS) is 15.4. The molecule has 0 spiro atoms. The van der Waals surface area contributed by atoms with Crippen LogP contribution in [0.5, 0.6) is 11.5 Å². The van der Waals surface area contributed by atoms with E-state index < -0.39 is 0 Å². The number of fused-ring (bicyclic) bond motifs is 3. The van der Waals surface area contributed by atoms with Crippen molar-refractivity contribution in [1.29, 1.82) is 0 Å². The topological polar surface area (TPSA) is 82.5 Å². The fourth-order valence-corrected chi connectivity index (χ4v) is 6.30. The van der Waals surface area contributed by atoms with Gasteiger partial charge in [-0.05, 0) is 49.8 Å². The molecule has 7 nitrogen and oxygen atoms in total. The van der Waals surface area contributed by atoms with Gasteiger partial charge >= 0.3 is 0 Å². The smallest absolute Gasteiger partial charge is 0.263 e. The van der Waals surface area contributed by atoms with Crippen LogP contribution in [0.3, 0.4) is 0 Å². The van der Waals surface area contributed by atoms with E-state index in [1.807, 2.05) is 6.92 Å². The number of carbonyl (C=O) groups is 1. The van der Waals surface area contributed by atoms with Crippen molar-refractivity contribution in [2.45, 2.75) is 44.8 Å². The van der Waals surface area contributed by atoms with Gasteiger partial charge in [0, 0.05) is 17.5 Å². The molecule has 0 saturated heterocycles. The van der Waals surface area contributed by atoms with Gasteiger partial charge < -0.3 is 14.8 Å². The summed E-state index contributed by atoms with van der Waals surface area (Å²) in [5.41, 5.74) is 1.75. The average molecular weight is 474 g/mol. The van der Waals surface area contributed by atoms with Crippen LogP contribution in [0.2, 0.25) is 0 Å². The van der Waals surface area contributed by atoms with Gasteiger partial charge in [0.1, 0.15) is 16.3 Å². The molecule has 0 fully saturated rings. The molecule has 1 amide bonds. The molecule has 9 heteroatoms. The highest BCUT2D eigenvalue weighted by molar-refractivity contribution is 7.99. The Morgan fingerprint density at radius 3 is 2.88 bits per heavy atom. The number of rotatable bonds is 7. The van der Waals surface area contributed by atoms with E-state index in [0.29, 0.717) is 34.8 Å². The number of thiophene rings is 1. The van der Waals surface area contributed by atoms with Gasteiger partial charge in [0.15, 0.2) is 5.16 Å². The monoisotopic (exact) mass is 473 g/mol. The summed E-state index contributed by atoms with van der Waals surface area (Å²) in [5.74, 6) is 1.74. The first-order valence-corrected chi connectivity index (χ1v) is 12.4. The molecule has 0 bridgehead atoms. The Labute approximate surface area is 195 Å². The molecule has 1 N–H and O–H groups in total. The Balaban J connectivity index is 1.55. The Bertz CT molecular complexity index is 1220. The number of aryl methyl sites for hydroxylation is 1. The number of hydrogen-bond acceptors (Lipinski definition) is 7. The molecule has 1 aliphatic rings. The standard InChI is InChI=1S/C23H27N3O4S2/c1-5-26-22(28)20-15-8-6-13(2)10-18(15)32-21(20)25-23(26)31-12-19(27)24-16-9-7-14(29-3)11-17(16)30-4/h7,9,11,13H,5-6,8,10,12H2,1-4H3,(H,24,27). The average Bonchev–Trinajstić information content (AvgIpc) is 3.15. The minimum Gasteiger partial charge on any atom is -0.497 e. The molecule has 2 heterocycles. The van der Waals surface area contributed by atoms with E-state index in [1.165, 1.54) is 22.2 Å². The maximum atomic E-state index is 13.3. The summed E-state index contributed by atoms with van der Waals surface area (Å²) in [4.78, 5) is 32.8. The first-order valence-electron chi connectivity index (χ1n) is 10.6. The second-order valence-corrected chi connectivity index (χ2v) is 9.90. The van der Waals surface area contributed by atoms with Crippen molar-refractivity contribution in [2.24, 2.45) is 5.92 Å². The second-order valence-electron chi connectivity index (χ2n) is 7.88. The van der Waals surface area contributed by atoms with E-state index >= 15 is 0 Å². The number of anilines is 1. The predicted molar refractivity (Wildman–Crippen MR) is 130 cm³/mol. The van der Waals surface area contributed by atoms with Gasteiger partial charge in [0.25, 0.3) is 5.56 Å². The largest absolute Gasteiger partial charge is 0.497 e. The number of thioether (sulfide) groups is 1. The highest BCUT2D eigenvalue weighted by Gasteiger charge is 2.24. The quantitative estimate of drug-likeness (QED) is 0.406. The van der Waals surface area contributed by atoms with Crippen molar-refractivity contribution in [1.82, 2.24) is 9.55 Å². The Hall–Kier alpha value is -2.52. The van der Waals surface area contributed by atoms with Crippen LogP contribution in [-0.4, -0.2) is 35.4 Å². The summed E-state index contributed by atoms with van der Waals surface area (Å²) in [6.07, 6.45) is 3.06. The van der Waals surface area contributed by atoms with Crippen LogP contribution in [0.15, 0.2) is 28.2 Å². The predicted octanol–water partition coefficient (Wildman–Crippen LogP) is 4.35. The summed E-state index contributed by atoms with van der Waals surface area (Å²) in [7, 11) is 3.12. The fraction of sp³-hybridized carbons (Fsp3) is 0.435. The molecule has 1 atom stereocenters. The lowest BCUT2D eigenvalue weighted by Gasteiger charge is -2.17. The van der Waals surface area contributed by atoms with Crippen LogP contribution in [0, 0.1) is 5.92 Å². The van der Waals surface area contributed by atoms with Gasteiger partial charge in [0.05, 0.1) is 31.0 Å². The van der Waals surface area contributed by atoms with Crippen molar-refractivity contribution < 1.29 is 14.3 Å². The lowest BCUT2D eigenvalue weighted by Crippen LogP contribution is -2.24. The van der Waals surface area contributed by atoms with E-state index in [1.54, 1.807) is 48.3 Å². The number of amides is 1. The lowest BCUT2D eigenvalue weighted by molar-refractivity contribution is -0.113. The molecule has 0 aliphatic heterocycles. The van der Waals surface area contributed by atoms with Gasteiger partial charge in [-0.2, -0.15) is 0 Å². The SMILES string of the molecule is CCn1c(SCC(=O)Nc2ccc(OC)cc2OC)nc2sc3c(c2c1=O)CCC(C)C3. The van der Waals surface area contributed by atoms with Crippen LogP contribution >= 0.6 is 23.1 Å². The van der Waals surface area contributed by atoms with Gasteiger partial charge in [0.2, 0.25) is 5.91 Å². The van der Waals surface area contributed by atoms with Gasteiger partial charge in [-0.3, -0.25) is 14.2 Å². The third kappa shape index (κ3) is 4.36. The summed E-state index contributed by atoms with van der Waals surface area (Å²) < 4.78 is 12.2. The number of ether oxygens (including phenoxy) is 2. The fourth-order valence-electron chi connectivity index (χ4n) is 4.01. The Kier molecular flexibility index (Phi) is 6.76. The number of methoxy groups -OCH3 is 2. The van der Waals surface area contributed by atoms with Crippen LogP contribution in [0.4, 0.5) is 5.69 Å². The molecule has 1 unspecified atom stereocenters. The summed E-state index contributed by atoms with van der Waals surface area (Å²) in [5, 5.41) is 4.21. The van der Waals surface area contributed by atoms with Crippen molar-refractivity contribution >= 4 is 44.9 Å². The number of hydrogen-bond donors (Lipinski definition) is 1. The van der Waals surface area contributed by atoms with Gasteiger partial charge in [-0.15, -0.1) is 11.3 Å². The van der Waals surface area contributed by atoms with Crippen LogP contribution in [0.25, 0.3) is 10.2 Å². The van der Waals surface area contributed by atoms with Crippen molar-refractivity contribution in [3.05, 3.63) is 39.0 Å². The minimum absolute atomic E-state index is 0.00397. The van der Waals surface area contributed by atoms with E-state index in [9.17, 15) is 9.59 Å². The van der Waals surface area contributed by atoms with Crippen molar-refractivity contribution in [3.63, 3.8) is 0 Å². The Morgan fingerprint density at radius 1 is 1.34 bits per heavy atom. The molecule has 170 valence electrons. The molecular weight excluding hydrogens is 446 g/mol. The van der Waals surface area contributed by atoms with Crippen LogP contribution in [0.1, 0.15) is 30.7 Å². The molecule has 0 saturated carbocycles. The maximum Gasteiger partial charge on any atom is 0.263 e. The summed E-state index contributed by atoms with van der Waals surface area (Å²) in [6, 6.07) is 5.21. The molecule has 32 heavy (non-hydrogen) atoms. The molecule has 4 rings (SSSR count). The highest BCUT2D eigenvalue weighted by Crippen LogP contribution is 2.36. The lowest BCUT2D eigenvalue weighted by atomic mass is 9.89. The van der Waals surface area contributed by atoms with E-state index in [2.05, 4.69) is 12.2 Å². The molecule has 2 aromatic heterocycles. The highest BCUT2D eigenvalue weighted by atomic mass is 32.2. The van der Waals surface area contributed by atoms with Gasteiger partial charge in [-0.25, -0.2) is 4.98 Å². The molecule has 0 radical (unpaired) electrons. The minimum atomic E-state index is -0.199. The second kappa shape index (κ2) is 9.54. The zero-order valence-electron chi connectivity index (χ0n) is 18.7. The Morgan fingerprint density at radius 2 is 2.16 bits per heavy atom. The maximum absolute atomic E-state index is 13.3. The zero-order valence-corrected chi connectivity index (χ0v) is 20.3. The number of carbonyl (C=O) groups excluding carboxylic acids is 1.